The van der Waals surface area contributed by atoms with E-state index in [0.29, 0.717) is 23.8 Å². The predicted molar refractivity (Wildman–Crippen MR) is 96.7 cm³/mol. The molecule has 0 N–H and O–H groups in total. The summed E-state index contributed by atoms with van der Waals surface area (Å²) in [5.74, 6) is 0.511. The van der Waals surface area contributed by atoms with Gasteiger partial charge in [-0.1, -0.05) is 36.4 Å². The zero-order valence-electron chi connectivity index (χ0n) is 13.4. The highest BCUT2D eigenvalue weighted by atomic mass is 16.2. The first-order valence-electron chi connectivity index (χ1n) is 7.89. The second-order valence-corrected chi connectivity index (χ2v) is 5.47. The number of amides is 2. The Bertz CT molecular complexity index is 897. The molecule has 1 aromatic heterocycles. The molecular weight excluding hydrogens is 314 g/mol. The maximum atomic E-state index is 13.0. The van der Waals surface area contributed by atoms with Gasteiger partial charge >= 0.3 is 6.03 Å². The maximum Gasteiger partial charge on any atom is 0.350 e. The summed E-state index contributed by atoms with van der Waals surface area (Å²) < 4.78 is 0. The van der Waals surface area contributed by atoms with Crippen LogP contribution in [0.1, 0.15) is 5.82 Å². The molecule has 25 heavy (non-hydrogen) atoms. The number of benzene rings is 2. The minimum absolute atomic E-state index is 0.211. The molecule has 0 bridgehead atoms. The van der Waals surface area contributed by atoms with Crippen LogP contribution in [0.25, 0.3) is 0 Å². The molecule has 1 aliphatic rings. The van der Waals surface area contributed by atoms with Crippen molar-refractivity contribution in [2.24, 2.45) is 5.10 Å². The fourth-order valence-corrected chi connectivity index (χ4v) is 2.64. The molecule has 0 spiro atoms. The monoisotopic (exact) mass is 329 g/mol. The van der Waals surface area contributed by atoms with Crippen molar-refractivity contribution in [1.82, 2.24) is 9.97 Å². The summed E-state index contributed by atoms with van der Waals surface area (Å²) in [6.07, 6.45) is 3.34. The Morgan fingerprint density at radius 1 is 0.760 bits per heavy atom. The number of anilines is 2. The second-order valence-electron chi connectivity index (χ2n) is 5.47. The van der Waals surface area contributed by atoms with E-state index in [-0.39, 0.29) is 6.03 Å². The zero-order chi connectivity index (χ0) is 17.1. The minimum atomic E-state index is -0.211. The molecule has 4 rings (SSSR count). The Morgan fingerprint density at radius 2 is 1.36 bits per heavy atom. The summed E-state index contributed by atoms with van der Waals surface area (Å²) in [6, 6.07) is 20.4. The predicted octanol–water partition coefficient (Wildman–Crippen LogP) is 3.33. The highest BCUT2D eigenvalue weighted by molar-refractivity contribution is 6.14. The van der Waals surface area contributed by atoms with Gasteiger partial charge in [0, 0.05) is 18.1 Å². The fraction of sp³-hybridized carbons (Fsp3) is 0.0526. The molecule has 0 saturated carbocycles. The van der Waals surface area contributed by atoms with Crippen LogP contribution in [0.15, 0.2) is 84.2 Å². The molecule has 0 aliphatic carbocycles. The number of urea groups is 1. The summed E-state index contributed by atoms with van der Waals surface area (Å²) in [5, 5.41) is 5.90. The number of carbonyl (C=O) groups is 1. The van der Waals surface area contributed by atoms with Crippen LogP contribution < -0.4 is 9.91 Å². The molecule has 0 saturated heterocycles. The van der Waals surface area contributed by atoms with Crippen LogP contribution in [-0.4, -0.2) is 28.3 Å². The van der Waals surface area contributed by atoms with Gasteiger partial charge in [0.05, 0.1) is 12.2 Å². The lowest BCUT2D eigenvalue weighted by molar-refractivity contribution is 0.251. The smallest absolute Gasteiger partial charge is 0.286 e. The van der Waals surface area contributed by atoms with Crippen LogP contribution in [0.2, 0.25) is 0 Å². The van der Waals surface area contributed by atoms with Crippen molar-refractivity contribution in [2.75, 3.05) is 16.5 Å². The number of hydrogen-bond donors (Lipinski definition) is 0. The number of nitrogens with zero attached hydrogens (tertiary/aromatic N) is 5. The number of hydrogen-bond acceptors (Lipinski definition) is 4. The van der Waals surface area contributed by atoms with Crippen molar-refractivity contribution in [3.8, 4) is 0 Å². The Morgan fingerprint density at radius 3 is 2.00 bits per heavy atom. The first kappa shape index (κ1) is 15.0. The quantitative estimate of drug-likeness (QED) is 0.740. The van der Waals surface area contributed by atoms with Gasteiger partial charge in [0.1, 0.15) is 5.71 Å². The average molecular weight is 329 g/mol. The van der Waals surface area contributed by atoms with Gasteiger partial charge in [-0.05, 0) is 30.3 Å². The van der Waals surface area contributed by atoms with Gasteiger partial charge in [-0.2, -0.15) is 10.1 Å². The summed E-state index contributed by atoms with van der Waals surface area (Å²) in [5.41, 5.74) is 2.13. The molecule has 2 heterocycles. The zero-order valence-corrected chi connectivity index (χ0v) is 13.4. The first-order chi connectivity index (χ1) is 12.3. The van der Waals surface area contributed by atoms with Crippen molar-refractivity contribution in [2.45, 2.75) is 0 Å². The molecule has 0 unspecified atom stereocenters. The van der Waals surface area contributed by atoms with Gasteiger partial charge in [0.15, 0.2) is 5.82 Å². The summed E-state index contributed by atoms with van der Waals surface area (Å²) in [4.78, 5) is 23.2. The molecule has 6 nitrogen and oxygen atoms in total. The van der Waals surface area contributed by atoms with Crippen molar-refractivity contribution < 1.29 is 4.79 Å². The van der Waals surface area contributed by atoms with Crippen molar-refractivity contribution in [3.05, 3.63) is 84.9 Å². The van der Waals surface area contributed by atoms with Crippen LogP contribution in [0.4, 0.5) is 16.2 Å². The molecular formula is C19H15N5O. The normalized spacial score (nSPS) is 14.4. The van der Waals surface area contributed by atoms with Gasteiger partial charge in [-0.15, -0.1) is 0 Å². The first-order valence-corrected chi connectivity index (χ1v) is 7.89. The standard InChI is InChI=1S/C19H15N5O/c25-19-23(15-8-3-1-4-9-15)14-17(18-20-12-7-13-21-18)22-24(19)16-10-5-2-6-11-16/h1-13H,14H2. The fourth-order valence-electron chi connectivity index (χ4n) is 2.64. The highest BCUT2D eigenvalue weighted by Crippen LogP contribution is 2.24. The largest absolute Gasteiger partial charge is 0.350 e. The number of carbonyl (C=O) groups excluding carboxylic acids is 1. The second kappa shape index (κ2) is 6.52. The van der Waals surface area contributed by atoms with Crippen LogP contribution >= 0.6 is 0 Å². The van der Waals surface area contributed by atoms with Gasteiger partial charge in [0.25, 0.3) is 0 Å². The molecule has 0 atom stereocenters. The minimum Gasteiger partial charge on any atom is -0.286 e. The Hall–Kier alpha value is -3.54. The van der Waals surface area contributed by atoms with Crippen molar-refractivity contribution in [3.63, 3.8) is 0 Å². The van der Waals surface area contributed by atoms with Crippen LogP contribution in [0.5, 0.6) is 0 Å². The van der Waals surface area contributed by atoms with Gasteiger partial charge < -0.3 is 0 Å². The van der Waals surface area contributed by atoms with E-state index in [4.69, 9.17) is 0 Å². The van der Waals surface area contributed by atoms with E-state index in [1.54, 1.807) is 23.4 Å². The molecule has 122 valence electrons. The number of rotatable bonds is 3. The van der Waals surface area contributed by atoms with E-state index in [1.807, 2.05) is 60.7 Å². The van der Waals surface area contributed by atoms with Gasteiger partial charge in [0.2, 0.25) is 0 Å². The average Bonchev–Trinajstić information content (AvgIpc) is 2.70. The molecule has 0 radical (unpaired) electrons. The third-order valence-corrected chi connectivity index (χ3v) is 3.83. The lowest BCUT2D eigenvalue weighted by Crippen LogP contribution is -2.49. The number of aromatic nitrogens is 2. The van der Waals surface area contributed by atoms with Crippen LogP contribution in [0.3, 0.4) is 0 Å². The maximum absolute atomic E-state index is 13.0. The third kappa shape index (κ3) is 2.97. The summed E-state index contributed by atoms with van der Waals surface area (Å²) >= 11 is 0. The Balaban J connectivity index is 1.80. The molecule has 2 amide bonds. The molecule has 6 heteroatoms. The summed E-state index contributed by atoms with van der Waals surface area (Å²) in [6.45, 7) is 0.316. The highest BCUT2D eigenvalue weighted by Gasteiger charge is 2.31. The van der Waals surface area contributed by atoms with Crippen molar-refractivity contribution in [1.29, 1.82) is 0 Å². The van der Waals surface area contributed by atoms with Gasteiger partial charge in [-0.3, -0.25) is 4.90 Å². The Labute approximate surface area is 145 Å². The topological polar surface area (TPSA) is 61.7 Å². The third-order valence-electron chi connectivity index (χ3n) is 3.83. The lowest BCUT2D eigenvalue weighted by atomic mass is 10.2. The van der Waals surface area contributed by atoms with E-state index in [1.165, 1.54) is 5.01 Å². The lowest BCUT2D eigenvalue weighted by Gasteiger charge is -2.32. The SMILES string of the molecule is O=C1N(c2ccccc2)CC(c2ncccn2)=NN1c1ccccc1. The molecule has 2 aromatic carbocycles. The van der Waals surface area contributed by atoms with Gasteiger partial charge in [-0.25, -0.2) is 14.8 Å². The van der Waals surface area contributed by atoms with Crippen molar-refractivity contribution >= 4 is 23.1 Å². The van der Waals surface area contributed by atoms with Crippen LogP contribution in [0, 0.1) is 0 Å². The van der Waals surface area contributed by atoms with E-state index >= 15 is 0 Å². The summed E-state index contributed by atoms with van der Waals surface area (Å²) in [7, 11) is 0. The van der Waals surface area contributed by atoms with E-state index in [9.17, 15) is 4.79 Å². The van der Waals surface area contributed by atoms with E-state index in [0.717, 1.165) is 5.69 Å². The Kier molecular flexibility index (Phi) is 3.92. The van der Waals surface area contributed by atoms with E-state index < -0.39 is 0 Å². The number of para-hydroxylation sites is 2. The molecule has 1 aliphatic heterocycles. The molecule has 0 fully saturated rings. The number of hydrazone groups is 1. The van der Waals surface area contributed by atoms with Crippen LogP contribution in [-0.2, 0) is 0 Å². The van der Waals surface area contributed by atoms with E-state index in [2.05, 4.69) is 15.1 Å². The molecule has 3 aromatic rings.